The fourth-order valence-electron chi connectivity index (χ4n) is 2.07. The smallest absolute Gasteiger partial charge is 0.330 e. The van der Waals surface area contributed by atoms with Gasteiger partial charge in [0.1, 0.15) is 6.61 Å². The molecule has 2 aromatic rings. The highest BCUT2D eigenvalue weighted by Crippen LogP contribution is 2.20. The van der Waals surface area contributed by atoms with Crippen LogP contribution in [0.2, 0.25) is 0 Å². The predicted molar refractivity (Wildman–Crippen MR) is 79.0 cm³/mol. The topological polar surface area (TPSA) is 75.6 Å². The lowest BCUT2D eigenvalue weighted by Gasteiger charge is -2.15. The van der Waals surface area contributed by atoms with Gasteiger partial charge in [0, 0.05) is 6.61 Å². The summed E-state index contributed by atoms with van der Waals surface area (Å²) < 4.78 is 4.98. The van der Waals surface area contributed by atoms with Crippen LogP contribution in [0.15, 0.2) is 42.5 Å². The Morgan fingerprint density at radius 3 is 2.57 bits per heavy atom. The lowest BCUT2D eigenvalue weighted by Crippen LogP contribution is -2.36. The number of amides is 1. The lowest BCUT2D eigenvalue weighted by atomic mass is 10.0. The number of carboxylic acids is 1. The standard InChI is InChI=1S/C16H17NO4/c1-2-21-10-14(18)17-15(16(19)20)13-8-7-11-5-3-4-6-12(11)9-13/h3-9,15H,2,10H2,1H3,(H,17,18)(H,19,20). The Hall–Kier alpha value is -2.40. The van der Waals surface area contributed by atoms with Crippen LogP contribution in [0, 0.1) is 0 Å². The Morgan fingerprint density at radius 2 is 1.90 bits per heavy atom. The average Bonchev–Trinajstić information content (AvgIpc) is 2.49. The summed E-state index contributed by atoms with van der Waals surface area (Å²) in [6, 6.07) is 11.9. The molecular formula is C16H17NO4. The third-order valence-electron chi connectivity index (χ3n) is 3.10. The molecule has 0 bridgehead atoms. The van der Waals surface area contributed by atoms with E-state index in [1.807, 2.05) is 30.3 Å². The van der Waals surface area contributed by atoms with E-state index in [4.69, 9.17) is 4.74 Å². The first-order valence-corrected chi connectivity index (χ1v) is 6.70. The number of nitrogens with one attached hydrogen (secondary N) is 1. The molecule has 1 atom stereocenters. The van der Waals surface area contributed by atoms with Gasteiger partial charge in [0.2, 0.25) is 5.91 Å². The SMILES string of the molecule is CCOCC(=O)NC(C(=O)O)c1ccc2ccccc2c1. The summed E-state index contributed by atoms with van der Waals surface area (Å²) in [5, 5.41) is 13.7. The Labute approximate surface area is 122 Å². The molecule has 0 aliphatic rings. The van der Waals surface area contributed by atoms with Crippen molar-refractivity contribution in [3.8, 4) is 0 Å². The van der Waals surface area contributed by atoms with Gasteiger partial charge in [0.05, 0.1) is 0 Å². The number of hydrogen-bond donors (Lipinski definition) is 2. The van der Waals surface area contributed by atoms with Crippen molar-refractivity contribution in [2.75, 3.05) is 13.2 Å². The number of fused-ring (bicyclic) bond motifs is 1. The predicted octanol–water partition coefficient (Wildman–Crippen LogP) is 2.12. The molecule has 5 nitrogen and oxygen atoms in total. The zero-order valence-electron chi connectivity index (χ0n) is 11.7. The second kappa shape index (κ2) is 6.85. The van der Waals surface area contributed by atoms with Crippen molar-refractivity contribution in [1.29, 1.82) is 0 Å². The van der Waals surface area contributed by atoms with Crippen LogP contribution >= 0.6 is 0 Å². The summed E-state index contributed by atoms with van der Waals surface area (Å²) in [7, 11) is 0. The van der Waals surface area contributed by atoms with Gasteiger partial charge in [0.15, 0.2) is 6.04 Å². The van der Waals surface area contributed by atoms with E-state index in [0.29, 0.717) is 12.2 Å². The first-order valence-electron chi connectivity index (χ1n) is 6.70. The summed E-state index contributed by atoms with van der Waals surface area (Å²) in [6.07, 6.45) is 0. The van der Waals surface area contributed by atoms with Crippen molar-refractivity contribution in [2.45, 2.75) is 13.0 Å². The molecule has 0 aliphatic heterocycles. The largest absolute Gasteiger partial charge is 0.479 e. The van der Waals surface area contributed by atoms with E-state index in [-0.39, 0.29) is 6.61 Å². The highest BCUT2D eigenvalue weighted by atomic mass is 16.5. The molecular weight excluding hydrogens is 270 g/mol. The molecule has 5 heteroatoms. The summed E-state index contributed by atoms with van der Waals surface area (Å²) in [4.78, 5) is 23.0. The first-order chi connectivity index (χ1) is 10.1. The van der Waals surface area contributed by atoms with E-state index in [9.17, 15) is 14.7 Å². The molecule has 0 saturated carbocycles. The van der Waals surface area contributed by atoms with Crippen LogP contribution in [-0.4, -0.2) is 30.2 Å². The number of carbonyl (C=O) groups is 2. The fourth-order valence-corrected chi connectivity index (χ4v) is 2.07. The molecule has 0 spiro atoms. The molecule has 0 aliphatic carbocycles. The van der Waals surface area contributed by atoms with Gasteiger partial charge in [0.25, 0.3) is 0 Å². The van der Waals surface area contributed by atoms with Crippen LogP contribution in [-0.2, 0) is 14.3 Å². The van der Waals surface area contributed by atoms with Gasteiger partial charge in [-0.2, -0.15) is 0 Å². The molecule has 0 heterocycles. The van der Waals surface area contributed by atoms with Crippen LogP contribution in [0.1, 0.15) is 18.5 Å². The van der Waals surface area contributed by atoms with E-state index in [1.165, 1.54) is 0 Å². The van der Waals surface area contributed by atoms with E-state index < -0.39 is 17.9 Å². The van der Waals surface area contributed by atoms with Gasteiger partial charge in [-0.25, -0.2) is 4.79 Å². The number of rotatable bonds is 6. The number of hydrogen-bond acceptors (Lipinski definition) is 3. The quantitative estimate of drug-likeness (QED) is 0.853. The van der Waals surface area contributed by atoms with Gasteiger partial charge < -0.3 is 15.2 Å². The van der Waals surface area contributed by atoms with Gasteiger partial charge in [-0.1, -0.05) is 36.4 Å². The molecule has 0 aromatic heterocycles. The molecule has 2 aromatic carbocycles. The van der Waals surface area contributed by atoms with Crippen molar-refractivity contribution in [2.24, 2.45) is 0 Å². The summed E-state index contributed by atoms with van der Waals surface area (Å²) >= 11 is 0. The molecule has 21 heavy (non-hydrogen) atoms. The van der Waals surface area contributed by atoms with Crippen LogP contribution in [0.5, 0.6) is 0 Å². The number of carbonyl (C=O) groups excluding carboxylic acids is 1. The zero-order chi connectivity index (χ0) is 15.2. The Bertz CT molecular complexity index is 654. The van der Waals surface area contributed by atoms with Crippen LogP contribution in [0.25, 0.3) is 10.8 Å². The maximum absolute atomic E-state index is 11.7. The normalized spacial score (nSPS) is 12.0. The van der Waals surface area contributed by atoms with Crippen LogP contribution in [0.4, 0.5) is 0 Å². The molecule has 0 saturated heterocycles. The Kier molecular flexibility index (Phi) is 4.90. The van der Waals surface area contributed by atoms with E-state index in [0.717, 1.165) is 10.8 Å². The maximum Gasteiger partial charge on any atom is 0.330 e. The van der Waals surface area contributed by atoms with E-state index >= 15 is 0 Å². The maximum atomic E-state index is 11.7. The minimum atomic E-state index is -1.10. The van der Waals surface area contributed by atoms with Crippen LogP contribution in [0.3, 0.4) is 0 Å². The third kappa shape index (κ3) is 3.79. The molecule has 1 amide bonds. The third-order valence-corrected chi connectivity index (χ3v) is 3.10. The summed E-state index contributed by atoms with van der Waals surface area (Å²) in [6.45, 7) is 2.03. The average molecular weight is 287 g/mol. The van der Waals surface area contributed by atoms with Crippen molar-refractivity contribution in [3.63, 3.8) is 0 Å². The first kappa shape index (κ1) is 15.0. The molecule has 2 rings (SSSR count). The minimum Gasteiger partial charge on any atom is -0.479 e. The minimum absolute atomic E-state index is 0.145. The summed E-state index contributed by atoms with van der Waals surface area (Å²) in [5.74, 6) is -1.55. The van der Waals surface area contributed by atoms with Gasteiger partial charge >= 0.3 is 5.97 Å². The van der Waals surface area contributed by atoms with Crippen molar-refractivity contribution in [1.82, 2.24) is 5.32 Å². The molecule has 0 fully saturated rings. The van der Waals surface area contributed by atoms with E-state index in [1.54, 1.807) is 19.1 Å². The van der Waals surface area contributed by atoms with Gasteiger partial charge in [-0.05, 0) is 29.3 Å². The second-order valence-electron chi connectivity index (χ2n) is 4.58. The monoisotopic (exact) mass is 287 g/mol. The number of benzene rings is 2. The summed E-state index contributed by atoms with van der Waals surface area (Å²) in [5.41, 5.74) is 0.533. The highest BCUT2D eigenvalue weighted by molar-refractivity contribution is 5.88. The van der Waals surface area contributed by atoms with Crippen molar-refractivity contribution >= 4 is 22.6 Å². The fraction of sp³-hybridized carbons (Fsp3) is 0.250. The zero-order valence-corrected chi connectivity index (χ0v) is 11.7. The highest BCUT2D eigenvalue weighted by Gasteiger charge is 2.22. The molecule has 0 radical (unpaired) electrons. The number of carboxylic acid groups (broad SMARTS) is 1. The number of aliphatic carboxylic acids is 1. The van der Waals surface area contributed by atoms with Crippen molar-refractivity contribution < 1.29 is 19.4 Å². The van der Waals surface area contributed by atoms with Crippen molar-refractivity contribution in [3.05, 3.63) is 48.0 Å². The second-order valence-corrected chi connectivity index (χ2v) is 4.58. The molecule has 110 valence electrons. The Morgan fingerprint density at radius 1 is 1.19 bits per heavy atom. The van der Waals surface area contributed by atoms with Gasteiger partial charge in [-0.15, -0.1) is 0 Å². The van der Waals surface area contributed by atoms with Gasteiger partial charge in [-0.3, -0.25) is 4.79 Å². The Balaban J connectivity index is 2.23. The lowest BCUT2D eigenvalue weighted by molar-refractivity contribution is -0.142. The van der Waals surface area contributed by atoms with E-state index in [2.05, 4.69) is 5.32 Å². The molecule has 1 unspecified atom stereocenters. The number of ether oxygens (including phenoxy) is 1. The van der Waals surface area contributed by atoms with Crippen LogP contribution < -0.4 is 5.32 Å². The molecule has 2 N–H and O–H groups in total.